The molecule has 1 saturated carbocycles. The zero-order valence-electron chi connectivity index (χ0n) is 27.4. The average molecular weight is 637 g/mol. The second-order valence-electron chi connectivity index (χ2n) is 14.5. The minimum Gasteiger partial charge on any atom is -0.494 e. The van der Waals surface area contributed by atoms with Crippen molar-refractivity contribution in [1.82, 2.24) is 33.8 Å². The fraction of sp³-hybridized carbons (Fsp3) is 0.556. The number of hydrogen-bond donors (Lipinski definition) is 1. The molecule has 2 N–H and O–H groups in total. The van der Waals surface area contributed by atoms with Gasteiger partial charge in [-0.3, -0.25) is 4.79 Å². The molecule has 0 unspecified atom stereocenters. The van der Waals surface area contributed by atoms with Crippen LogP contribution in [0.2, 0.25) is 0 Å². The van der Waals surface area contributed by atoms with Gasteiger partial charge in [0.1, 0.15) is 16.9 Å². The first-order chi connectivity index (χ1) is 22.9. The van der Waals surface area contributed by atoms with Crippen LogP contribution in [0, 0.1) is 5.92 Å². The molecule has 11 nitrogen and oxygen atoms in total. The number of nitrogens with two attached hydrogens (primary N) is 1. The third-order valence-electron chi connectivity index (χ3n) is 11.6. The number of aromatic nitrogens is 4. The van der Waals surface area contributed by atoms with E-state index in [1.165, 1.54) is 12.8 Å². The summed E-state index contributed by atoms with van der Waals surface area (Å²) in [5.74, 6) is 2.09. The Labute approximate surface area is 274 Å². The second-order valence-corrected chi connectivity index (χ2v) is 14.5. The quantitative estimate of drug-likeness (QED) is 0.316. The monoisotopic (exact) mass is 636 g/mol. The number of urea groups is 1. The number of nitrogens with zero attached hydrogens (tertiary/aromatic N) is 7. The van der Waals surface area contributed by atoms with Gasteiger partial charge in [-0.05, 0) is 94.0 Å². The number of aryl methyl sites for hydroxylation is 1. The number of fused-ring (bicyclic) bond motifs is 4. The van der Waals surface area contributed by atoms with Crippen molar-refractivity contribution in [3.8, 4) is 17.3 Å². The molecule has 7 heterocycles. The molecule has 1 aliphatic carbocycles. The molecule has 5 fully saturated rings. The van der Waals surface area contributed by atoms with Gasteiger partial charge in [0.25, 0.3) is 5.91 Å². The SMILES string of the molecule is COc1cc(C(=O)N2[C@H]3CC[C@@H]2[C@H](N)C3)cc2nc(-c3cc4ccc([C@H]5CCCN5C(=O)N5CCCC5)nc4n3CC3CC3)n(C)c12. The highest BCUT2D eigenvalue weighted by Gasteiger charge is 2.47. The number of amides is 3. The first-order valence-corrected chi connectivity index (χ1v) is 17.6. The van der Waals surface area contributed by atoms with Crippen LogP contribution in [0.15, 0.2) is 30.3 Å². The summed E-state index contributed by atoms with van der Waals surface area (Å²) in [6, 6.07) is 10.8. The van der Waals surface area contributed by atoms with Crippen molar-refractivity contribution < 1.29 is 14.3 Å². The summed E-state index contributed by atoms with van der Waals surface area (Å²) in [6.07, 6.45) is 9.40. The van der Waals surface area contributed by atoms with E-state index < -0.39 is 0 Å². The molecule has 3 aromatic heterocycles. The molecule has 2 bridgehead atoms. The highest BCUT2D eigenvalue weighted by molar-refractivity contribution is 6.00. The Balaban J connectivity index is 1.11. The van der Waals surface area contributed by atoms with Crippen molar-refractivity contribution in [3.63, 3.8) is 0 Å². The van der Waals surface area contributed by atoms with Crippen LogP contribution in [0.25, 0.3) is 33.6 Å². The first kappa shape index (κ1) is 29.1. The summed E-state index contributed by atoms with van der Waals surface area (Å²) < 4.78 is 10.3. The van der Waals surface area contributed by atoms with Crippen LogP contribution in [0.5, 0.6) is 5.75 Å². The van der Waals surface area contributed by atoms with Crippen molar-refractivity contribution in [2.45, 2.75) is 88.5 Å². The second kappa shape index (κ2) is 11.0. The summed E-state index contributed by atoms with van der Waals surface area (Å²) >= 11 is 0. The van der Waals surface area contributed by atoms with Gasteiger partial charge in [-0.25, -0.2) is 14.8 Å². The zero-order chi connectivity index (χ0) is 32.0. The van der Waals surface area contributed by atoms with Crippen LogP contribution in [0.4, 0.5) is 4.79 Å². The van der Waals surface area contributed by atoms with E-state index in [0.717, 1.165) is 110 Å². The molecule has 0 radical (unpaired) electrons. The number of hydrogen-bond acceptors (Lipinski definition) is 6. The number of benzene rings is 1. The minimum atomic E-state index is -0.00316. The van der Waals surface area contributed by atoms with Crippen LogP contribution < -0.4 is 10.5 Å². The fourth-order valence-corrected chi connectivity index (χ4v) is 8.97. The highest BCUT2D eigenvalue weighted by atomic mass is 16.5. The van der Waals surface area contributed by atoms with Crippen molar-refractivity contribution in [2.75, 3.05) is 26.7 Å². The normalized spacial score (nSPS) is 25.6. The van der Waals surface area contributed by atoms with Crippen molar-refractivity contribution >= 4 is 34.0 Å². The van der Waals surface area contributed by atoms with Crippen molar-refractivity contribution in [3.05, 3.63) is 41.6 Å². The van der Waals surface area contributed by atoms with Gasteiger partial charge in [0.05, 0.1) is 30.1 Å². The molecule has 0 spiro atoms. The Kier molecular flexibility index (Phi) is 6.78. The Morgan fingerprint density at radius 1 is 0.979 bits per heavy atom. The molecule has 4 saturated heterocycles. The molecule has 11 heteroatoms. The third-order valence-corrected chi connectivity index (χ3v) is 11.6. The maximum Gasteiger partial charge on any atom is 0.320 e. The van der Waals surface area contributed by atoms with Gasteiger partial charge in [0.2, 0.25) is 0 Å². The van der Waals surface area contributed by atoms with E-state index in [4.69, 9.17) is 20.4 Å². The molecule has 4 aliphatic heterocycles. The van der Waals surface area contributed by atoms with Gasteiger partial charge in [0.15, 0.2) is 5.82 Å². The van der Waals surface area contributed by atoms with E-state index in [-0.39, 0.29) is 36.1 Å². The van der Waals surface area contributed by atoms with Crippen LogP contribution in [0.1, 0.15) is 79.9 Å². The number of methoxy groups -OCH3 is 1. The Bertz CT molecular complexity index is 1900. The number of carbonyl (C=O) groups excluding carboxylic acids is 2. The van der Waals surface area contributed by atoms with Crippen LogP contribution in [-0.2, 0) is 13.6 Å². The predicted octanol–water partition coefficient (Wildman–Crippen LogP) is 5.07. The Morgan fingerprint density at radius 3 is 2.53 bits per heavy atom. The van der Waals surface area contributed by atoms with Gasteiger partial charge >= 0.3 is 6.03 Å². The Hall–Kier alpha value is -4.12. The number of pyridine rings is 1. The number of rotatable bonds is 6. The molecule has 246 valence electrons. The minimum absolute atomic E-state index is 0.00316. The summed E-state index contributed by atoms with van der Waals surface area (Å²) in [7, 11) is 3.67. The number of ether oxygens (including phenoxy) is 1. The van der Waals surface area contributed by atoms with E-state index in [9.17, 15) is 9.59 Å². The molecular formula is C36H44N8O3. The number of carbonyl (C=O) groups is 2. The van der Waals surface area contributed by atoms with Gasteiger partial charge in [0, 0.05) is 62.3 Å². The molecule has 3 amide bonds. The van der Waals surface area contributed by atoms with E-state index in [0.29, 0.717) is 17.2 Å². The summed E-state index contributed by atoms with van der Waals surface area (Å²) in [4.78, 5) is 43.8. The van der Waals surface area contributed by atoms with E-state index in [1.807, 2.05) is 33.9 Å². The van der Waals surface area contributed by atoms with Gasteiger partial charge in [-0.15, -0.1) is 0 Å². The van der Waals surface area contributed by atoms with Crippen molar-refractivity contribution in [2.24, 2.45) is 18.7 Å². The highest BCUT2D eigenvalue weighted by Crippen LogP contribution is 2.41. The molecule has 4 aromatic rings. The lowest BCUT2D eigenvalue weighted by atomic mass is 9.97. The largest absolute Gasteiger partial charge is 0.494 e. The lowest BCUT2D eigenvalue weighted by Crippen LogP contribution is -2.41. The molecule has 1 aromatic carbocycles. The maximum absolute atomic E-state index is 13.8. The van der Waals surface area contributed by atoms with Gasteiger partial charge in [-0.2, -0.15) is 0 Å². The maximum atomic E-state index is 13.8. The summed E-state index contributed by atoms with van der Waals surface area (Å²) in [5, 5.41) is 1.07. The lowest BCUT2D eigenvalue weighted by molar-refractivity contribution is 0.0726. The molecule has 9 rings (SSSR count). The molecular weight excluding hydrogens is 592 g/mol. The topological polar surface area (TPSA) is 115 Å². The average Bonchev–Trinajstić information content (AvgIpc) is 3.69. The predicted molar refractivity (Wildman–Crippen MR) is 179 cm³/mol. The summed E-state index contributed by atoms with van der Waals surface area (Å²) in [6.45, 7) is 3.37. The van der Waals surface area contributed by atoms with E-state index >= 15 is 0 Å². The summed E-state index contributed by atoms with van der Waals surface area (Å²) in [5.41, 5.74) is 11.5. The smallest absolute Gasteiger partial charge is 0.320 e. The Morgan fingerprint density at radius 2 is 1.81 bits per heavy atom. The van der Waals surface area contributed by atoms with E-state index in [2.05, 4.69) is 27.3 Å². The first-order valence-electron chi connectivity index (χ1n) is 17.6. The third kappa shape index (κ3) is 4.63. The fourth-order valence-electron chi connectivity index (χ4n) is 8.97. The van der Waals surface area contributed by atoms with Gasteiger partial charge in [-0.1, -0.05) is 0 Å². The molecule has 5 aliphatic rings. The van der Waals surface area contributed by atoms with Crippen LogP contribution in [0.3, 0.4) is 0 Å². The van der Waals surface area contributed by atoms with Crippen LogP contribution in [-0.4, -0.2) is 90.6 Å². The van der Waals surface area contributed by atoms with Crippen LogP contribution >= 0.6 is 0 Å². The van der Waals surface area contributed by atoms with Gasteiger partial charge < -0.3 is 34.3 Å². The lowest BCUT2D eigenvalue weighted by Gasteiger charge is -2.29. The zero-order valence-corrected chi connectivity index (χ0v) is 27.4. The molecule has 47 heavy (non-hydrogen) atoms. The van der Waals surface area contributed by atoms with Crippen molar-refractivity contribution in [1.29, 1.82) is 0 Å². The number of imidazole rings is 1. The van der Waals surface area contributed by atoms with E-state index in [1.54, 1.807) is 7.11 Å². The standard InChI is InChI=1S/C36H44N8O3/c1-40-32-27(16-23(18-31(32)47-2)35(45)44-24-10-12-28(44)25(37)19-24)39-34(40)30-17-22-9-11-26(38-33(22)43(30)20-21-7-8-21)29-6-5-15-42(29)36(46)41-13-3-4-14-41/h9,11,16-18,21,24-25,28-29H,3-8,10,12-15,19-20,37H2,1-2H3/t24-,25+,28+,29+/m0/s1. The number of likely N-dealkylation sites (tertiary alicyclic amines) is 2. The molecule has 4 atom stereocenters.